The van der Waals surface area contributed by atoms with Gasteiger partial charge in [-0.2, -0.15) is 0 Å². The Kier molecular flexibility index (Phi) is 3.51. The minimum absolute atomic E-state index is 0.154. The second-order valence-corrected chi connectivity index (χ2v) is 4.92. The summed E-state index contributed by atoms with van der Waals surface area (Å²) in [6.07, 6.45) is -0.940. The number of benzene rings is 1. The van der Waals surface area contributed by atoms with Gasteiger partial charge < -0.3 is 5.11 Å². The molecule has 0 aliphatic carbocycles. The Hall–Kier alpha value is -1.31. The molecule has 0 aromatic heterocycles. The van der Waals surface area contributed by atoms with Crippen LogP contribution in [0.4, 0.5) is 0 Å². The lowest BCUT2D eigenvalue weighted by molar-refractivity contribution is 0.253. The molecule has 1 unspecified atom stereocenters. The molecular formula is C11H12O3S. The lowest BCUT2D eigenvalue weighted by atomic mass is 10.2. The Labute approximate surface area is 89.7 Å². The maximum atomic E-state index is 11.6. The Morgan fingerprint density at radius 3 is 2.27 bits per heavy atom. The van der Waals surface area contributed by atoms with Crippen molar-refractivity contribution in [3.05, 3.63) is 29.8 Å². The van der Waals surface area contributed by atoms with Gasteiger partial charge in [-0.05, 0) is 26.0 Å². The predicted molar refractivity (Wildman–Crippen MR) is 57.8 cm³/mol. The van der Waals surface area contributed by atoms with Crippen molar-refractivity contribution in [2.24, 2.45) is 0 Å². The average molecular weight is 224 g/mol. The molecule has 0 aliphatic heterocycles. The second-order valence-electron chi connectivity index (χ2n) is 3.24. The van der Waals surface area contributed by atoms with Crippen LogP contribution in [0.5, 0.6) is 0 Å². The van der Waals surface area contributed by atoms with Crippen LogP contribution >= 0.6 is 0 Å². The molecule has 1 aromatic rings. The van der Waals surface area contributed by atoms with Crippen LogP contribution in [0.3, 0.4) is 0 Å². The molecule has 1 aromatic carbocycles. The summed E-state index contributed by atoms with van der Waals surface area (Å²) in [6, 6.07) is 6.41. The van der Waals surface area contributed by atoms with Crippen LogP contribution in [-0.4, -0.2) is 19.6 Å². The maximum absolute atomic E-state index is 11.6. The van der Waals surface area contributed by atoms with Crippen LogP contribution in [0.25, 0.3) is 0 Å². The molecule has 0 saturated heterocycles. The fraction of sp³-hybridized carbons (Fsp3) is 0.273. The maximum Gasteiger partial charge on any atom is 0.245 e. The van der Waals surface area contributed by atoms with E-state index in [2.05, 4.69) is 11.2 Å². The third-order valence-electron chi connectivity index (χ3n) is 1.73. The molecular weight excluding hydrogens is 212 g/mol. The van der Waals surface area contributed by atoms with Gasteiger partial charge in [0.1, 0.15) is 6.10 Å². The SMILES string of the molecule is Cc1ccc(S(=O)(=O)C#CC(C)O)cc1. The first-order valence-electron chi connectivity index (χ1n) is 4.44. The van der Waals surface area contributed by atoms with E-state index in [1.165, 1.54) is 19.1 Å². The van der Waals surface area contributed by atoms with Crippen molar-refractivity contribution in [1.82, 2.24) is 0 Å². The zero-order chi connectivity index (χ0) is 11.5. The van der Waals surface area contributed by atoms with Gasteiger partial charge in [-0.15, -0.1) is 0 Å². The predicted octanol–water partition coefficient (Wildman–Crippen LogP) is 1.11. The Balaban J connectivity index is 3.09. The molecule has 0 spiro atoms. The highest BCUT2D eigenvalue weighted by Gasteiger charge is 2.09. The molecule has 80 valence electrons. The first-order chi connectivity index (χ1) is 6.92. The molecule has 0 saturated carbocycles. The van der Waals surface area contributed by atoms with Gasteiger partial charge in [0.15, 0.2) is 0 Å². The van der Waals surface area contributed by atoms with Gasteiger partial charge in [0.25, 0.3) is 0 Å². The zero-order valence-corrected chi connectivity index (χ0v) is 9.38. The molecule has 0 amide bonds. The first-order valence-corrected chi connectivity index (χ1v) is 5.92. The number of aliphatic hydroxyl groups excluding tert-OH is 1. The van der Waals surface area contributed by atoms with Gasteiger partial charge in [0.2, 0.25) is 9.84 Å². The number of rotatable bonds is 1. The van der Waals surface area contributed by atoms with Gasteiger partial charge in [0, 0.05) is 5.25 Å². The summed E-state index contributed by atoms with van der Waals surface area (Å²) in [5.41, 5.74) is 0.984. The third-order valence-corrected chi connectivity index (χ3v) is 3.01. The standard InChI is InChI=1S/C11H12O3S/c1-9-3-5-11(6-4-9)15(13,14)8-7-10(2)12/h3-6,10,12H,1-2H3. The highest BCUT2D eigenvalue weighted by atomic mass is 32.2. The molecule has 0 radical (unpaired) electrons. The molecule has 15 heavy (non-hydrogen) atoms. The molecule has 0 heterocycles. The van der Waals surface area contributed by atoms with Crippen molar-refractivity contribution in [2.45, 2.75) is 24.8 Å². The van der Waals surface area contributed by atoms with Crippen molar-refractivity contribution in [3.8, 4) is 11.2 Å². The molecule has 1 rings (SSSR count). The second kappa shape index (κ2) is 4.47. The quantitative estimate of drug-likeness (QED) is 0.574. The van der Waals surface area contributed by atoms with E-state index >= 15 is 0 Å². The summed E-state index contributed by atoms with van der Waals surface area (Å²) in [6.45, 7) is 3.29. The van der Waals surface area contributed by atoms with Gasteiger partial charge in [-0.1, -0.05) is 23.6 Å². The monoisotopic (exact) mass is 224 g/mol. The van der Waals surface area contributed by atoms with Crippen molar-refractivity contribution in [2.75, 3.05) is 0 Å². The van der Waals surface area contributed by atoms with E-state index in [4.69, 9.17) is 5.11 Å². The summed E-state index contributed by atoms with van der Waals surface area (Å²) in [5, 5.41) is 10.9. The lowest BCUT2D eigenvalue weighted by Crippen LogP contribution is -2.00. The van der Waals surface area contributed by atoms with Crippen molar-refractivity contribution < 1.29 is 13.5 Å². The van der Waals surface area contributed by atoms with Crippen LogP contribution < -0.4 is 0 Å². The minimum Gasteiger partial charge on any atom is -0.381 e. The summed E-state index contributed by atoms with van der Waals surface area (Å²) in [4.78, 5) is 0.154. The van der Waals surface area contributed by atoms with Crippen molar-refractivity contribution in [1.29, 1.82) is 0 Å². The number of aliphatic hydroxyl groups is 1. The highest BCUT2D eigenvalue weighted by Crippen LogP contribution is 2.10. The topological polar surface area (TPSA) is 54.4 Å². The zero-order valence-electron chi connectivity index (χ0n) is 8.56. The summed E-state index contributed by atoms with van der Waals surface area (Å²) in [5.74, 6) is 2.22. The number of hydrogen-bond donors (Lipinski definition) is 1. The number of aryl methyl sites for hydroxylation is 1. The molecule has 1 N–H and O–H groups in total. The fourth-order valence-electron chi connectivity index (χ4n) is 0.939. The average Bonchev–Trinajstić information content (AvgIpc) is 2.16. The largest absolute Gasteiger partial charge is 0.381 e. The van der Waals surface area contributed by atoms with Gasteiger partial charge in [-0.25, -0.2) is 8.42 Å². The Morgan fingerprint density at radius 1 is 1.27 bits per heavy atom. The van der Waals surface area contributed by atoms with E-state index in [-0.39, 0.29) is 4.90 Å². The molecule has 3 nitrogen and oxygen atoms in total. The van der Waals surface area contributed by atoms with E-state index in [0.29, 0.717) is 0 Å². The van der Waals surface area contributed by atoms with Gasteiger partial charge in [-0.3, -0.25) is 0 Å². The van der Waals surface area contributed by atoms with Crippen molar-refractivity contribution in [3.63, 3.8) is 0 Å². The van der Waals surface area contributed by atoms with Crippen LogP contribution in [0.1, 0.15) is 12.5 Å². The van der Waals surface area contributed by atoms with Gasteiger partial charge in [0.05, 0.1) is 4.90 Å². The lowest BCUT2D eigenvalue weighted by Gasteiger charge is -1.97. The molecule has 1 atom stereocenters. The normalized spacial score (nSPS) is 12.7. The summed E-state index contributed by atoms with van der Waals surface area (Å²) < 4.78 is 23.1. The third kappa shape index (κ3) is 3.39. The Bertz CT molecular complexity index is 487. The number of hydrogen-bond acceptors (Lipinski definition) is 3. The minimum atomic E-state index is -3.59. The van der Waals surface area contributed by atoms with E-state index in [9.17, 15) is 8.42 Å². The van der Waals surface area contributed by atoms with Gasteiger partial charge >= 0.3 is 0 Å². The molecule has 0 aliphatic rings. The van der Waals surface area contributed by atoms with Crippen LogP contribution in [0, 0.1) is 18.1 Å². The van der Waals surface area contributed by atoms with E-state index in [1.807, 2.05) is 6.92 Å². The van der Waals surface area contributed by atoms with E-state index in [0.717, 1.165) is 5.56 Å². The smallest absolute Gasteiger partial charge is 0.245 e. The number of sulfone groups is 1. The highest BCUT2D eigenvalue weighted by molar-refractivity contribution is 7.96. The van der Waals surface area contributed by atoms with Crippen LogP contribution in [-0.2, 0) is 9.84 Å². The fourth-order valence-corrected chi connectivity index (χ4v) is 1.88. The Morgan fingerprint density at radius 2 is 1.80 bits per heavy atom. The van der Waals surface area contributed by atoms with E-state index in [1.54, 1.807) is 12.1 Å². The van der Waals surface area contributed by atoms with E-state index < -0.39 is 15.9 Å². The molecule has 0 fully saturated rings. The molecule has 4 heteroatoms. The van der Waals surface area contributed by atoms with Crippen LogP contribution in [0.15, 0.2) is 29.2 Å². The van der Waals surface area contributed by atoms with Crippen LogP contribution in [0.2, 0.25) is 0 Å². The summed E-state index contributed by atoms with van der Waals surface area (Å²) in [7, 11) is -3.59. The summed E-state index contributed by atoms with van der Waals surface area (Å²) >= 11 is 0. The van der Waals surface area contributed by atoms with Crippen molar-refractivity contribution >= 4 is 9.84 Å². The molecule has 0 bridgehead atoms. The first kappa shape index (κ1) is 11.8.